The van der Waals surface area contributed by atoms with Crippen LogP contribution >= 0.6 is 11.8 Å². The Hall–Kier alpha value is -1.00. The van der Waals surface area contributed by atoms with E-state index in [2.05, 4.69) is 0 Å². The number of carboxylic acid groups (broad SMARTS) is 1. The van der Waals surface area contributed by atoms with Crippen LogP contribution < -0.4 is 5.73 Å². The molecule has 3 nitrogen and oxygen atoms in total. The molecular formula is C12H15NO2S. The number of hydrogen-bond donors (Lipinski definition) is 2. The van der Waals surface area contributed by atoms with Gasteiger partial charge in [-0.1, -0.05) is 18.2 Å². The fourth-order valence-electron chi connectivity index (χ4n) is 2.14. The topological polar surface area (TPSA) is 63.3 Å². The lowest BCUT2D eigenvalue weighted by atomic mass is 10.1. The van der Waals surface area contributed by atoms with Crippen molar-refractivity contribution in [2.45, 2.75) is 29.0 Å². The highest BCUT2D eigenvalue weighted by Crippen LogP contribution is 2.38. The van der Waals surface area contributed by atoms with Gasteiger partial charge in [0, 0.05) is 16.2 Å². The molecule has 1 saturated carbocycles. The molecule has 86 valence electrons. The van der Waals surface area contributed by atoms with Crippen molar-refractivity contribution >= 4 is 17.7 Å². The predicted octanol–water partition coefficient (Wildman–Crippen LogP) is 1.97. The van der Waals surface area contributed by atoms with Gasteiger partial charge in [0.1, 0.15) is 0 Å². The summed E-state index contributed by atoms with van der Waals surface area (Å²) in [5, 5.41) is 9.25. The Morgan fingerprint density at radius 1 is 1.31 bits per heavy atom. The van der Waals surface area contributed by atoms with Crippen LogP contribution in [-0.4, -0.2) is 22.4 Å². The fraction of sp³-hybridized carbons (Fsp3) is 0.417. The lowest BCUT2D eigenvalue weighted by Gasteiger charge is -2.17. The van der Waals surface area contributed by atoms with Crippen LogP contribution in [0.4, 0.5) is 0 Å². The van der Waals surface area contributed by atoms with Crippen LogP contribution in [0.5, 0.6) is 0 Å². The van der Waals surface area contributed by atoms with Gasteiger partial charge in [-0.15, -0.1) is 11.8 Å². The number of hydrogen-bond acceptors (Lipinski definition) is 3. The summed E-state index contributed by atoms with van der Waals surface area (Å²) < 4.78 is 0. The van der Waals surface area contributed by atoms with Crippen LogP contribution in [0.2, 0.25) is 0 Å². The molecule has 16 heavy (non-hydrogen) atoms. The molecule has 2 rings (SSSR count). The van der Waals surface area contributed by atoms with Crippen LogP contribution in [0.15, 0.2) is 35.2 Å². The summed E-state index contributed by atoms with van der Waals surface area (Å²) in [5.41, 5.74) is 5.83. The van der Waals surface area contributed by atoms with Crippen molar-refractivity contribution in [1.82, 2.24) is 0 Å². The summed E-state index contributed by atoms with van der Waals surface area (Å²) in [7, 11) is 0. The van der Waals surface area contributed by atoms with Crippen LogP contribution in [0, 0.1) is 5.92 Å². The zero-order valence-electron chi connectivity index (χ0n) is 8.87. The monoisotopic (exact) mass is 237 g/mol. The highest BCUT2D eigenvalue weighted by molar-refractivity contribution is 8.00. The van der Waals surface area contributed by atoms with Gasteiger partial charge in [-0.25, -0.2) is 0 Å². The zero-order valence-corrected chi connectivity index (χ0v) is 9.69. The second-order valence-corrected chi connectivity index (χ2v) is 5.39. The molecular weight excluding hydrogens is 222 g/mol. The first-order chi connectivity index (χ1) is 7.68. The first-order valence-electron chi connectivity index (χ1n) is 5.38. The highest BCUT2D eigenvalue weighted by atomic mass is 32.2. The first-order valence-corrected chi connectivity index (χ1v) is 6.26. The number of benzene rings is 1. The molecule has 0 saturated heterocycles. The minimum atomic E-state index is -0.765. The van der Waals surface area contributed by atoms with E-state index in [-0.39, 0.29) is 11.3 Å². The summed E-state index contributed by atoms with van der Waals surface area (Å²) in [6, 6.07) is 9.71. The summed E-state index contributed by atoms with van der Waals surface area (Å²) in [6.07, 6.45) is 1.69. The average Bonchev–Trinajstić information content (AvgIpc) is 2.61. The third kappa shape index (κ3) is 2.39. The van der Waals surface area contributed by atoms with E-state index in [0.29, 0.717) is 0 Å². The number of thioether (sulfide) groups is 1. The second kappa shape index (κ2) is 4.89. The van der Waals surface area contributed by atoms with Gasteiger partial charge in [0.25, 0.3) is 0 Å². The van der Waals surface area contributed by atoms with Gasteiger partial charge in [0.2, 0.25) is 0 Å². The number of carbonyl (C=O) groups is 1. The van der Waals surface area contributed by atoms with Crippen molar-refractivity contribution in [1.29, 1.82) is 0 Å². The van der Waals surface area contributed by atoms with Gasteiger partial charge in [-0.2, -0.15) is 0 Å². The van der Waals surface area contributed by atoms with Gasteiger partial charge in [0.05, 0.1) is 5.92 Å². The summed E-state index contributed by atoms with van der Waals surface area (Å²) in [5.74, 6) is -1.18. The first kappa shape index (κ1) is 11.5. The molecule has 1 aliphatic carbocycles. The van der Waals surface area contributed by atoms with Crippen LogP contribution in [0.3, 0.4) is 0 Å². The van der Waals surface area contributed by atoms with Crippen molar-refractivity contribution in [2.24, 2.45) is 11.7 Å². The molecule has 1 aliphatic rings. The normalized spacial score (nSPS) is 29.2. The molecule has 3 atom stereocenters. The van der Waals surface area contributed by atoms with Gasteiger partial charge in [-0.3, -0.25) is 4.79 Å². The van der Waals surface area contributed by atoms with E-state index in [1.54, 1.807) is 11.8 Å². The number of nitrogens with two attached hydrogens (primary N) is 1. The molecule has 1 fully saturated rings. The quantitative estimate of drug-likeness (QED) is 0.843. The lowest BCUT2D eigenvalue weighted by molar-refractivity contribution is -0.141. The molecule has 4 heteroatoms. The van der Waals surface area contributed by atoms with Gasteiger partial charge in [0.15, 0.2) is 0 Å². The molecule has 0 aromatic heterocycles. The Kier molecular flexibility index (Phi) is 3.51. The maximum absolute atomic E-state index is 11.1. The van der Waals surface area contributed by atoms with Crippen LogP contribution in [0.25, 0.3) is 0 Å². The Labute approximate surface area is 99.0 Å². The lowest BCUT2D eigenvalue weighted by Crippen LogP contribution is -2.35. The van der Waals surface area contributed by atoms with Crippen molar-refractivity contribution in [3.05, 3.63) is 30.3 Å². The van der Waals surface area contributed by atoms with Crippen molar-refractivity contribution < 1.29 is 9.90 Å². The van der Waals surface area contributed by atoms with E-state index in [0.717, 1.165) is 17.7 Å². The van der Waals surface area contributed by atoms with E-state index < -0.39 is 11.9 Å². The standard InChI is InChI=1S/C12H15NO2S/c13-9-6-7-10(11(9)12(14)15)16-8-4-2-1-3-5-8/h1-5,9-11H,6-7,13H2,(H,14,15). The third-order valence-electron chi connectivity index (χ3n) is 2.96. The van der Waals surface area contributed by atoms with Gasteiger partial charge < -0.3 is 10.8 Å². The molecule has 0 bridgehead atoms. The Bertz CT molecular complexity index is 369. The maximum Gasteiger partial charge on any atom is 0.309 e. The zero-order chi connectivity index (χ0) is 11.5. The molecule has 0 amide bonds. The van der Waals surface area contributed by atoms with Crippen LogP contribution in [-0.2, 0) is 4.79 Å². The third-order valence-corrected chi connectivity index (χ3v) is 4.34. The Morgan fingerprint density at radius 2 is 2.00 bits per heavy atom. The molecule has 0 aliphatic heterocycles. The molecule has 3 unspecified atom stereocenters. The van der Waals surface area contributed by atoms with E-state index in [4.69, 9.17) is 10.8 Å². The minimum absolute atomic E-state index is 0.106. The summed E-state index contributed by atoms with van der Waals surface area (Å²) >= 11 is 1.63. The average molecular weight is 237 g/mol. The van der Waals surface area contributed by atoms with E-state index >= 15 is 0 Å². The molecule has 0 radical (unpaired) electrons. The SMILES string of the molecule is NC1CCC(Sc2ccccc2)C1C(=O)O. The molecule has 0 heterocycles. The predicted molar refractivity (Wildman–Crippen MR) is 64.4 cm³/mol. The van der Waals surface area contributed by atoms with Crippen LogP contribution in [0.1, 0.15) is 12.8 Å². The highest BCUT2D eigenvalue weighted by Gasteiger charge is 2.39. The largest absolute Gasteiger partial charge is 0.481 e. The van der Waals surface area contributed by atoms with Gasteiger partial charge in [-0.05, 0) is 25.0 Å². The van der Waals surface area contributed by atoms with E-state index in [1.807, 2.05) is 30.3 Å². The van der Waals surface area contributed by atoms with E-state index in [1.165, 1.54) is 0 Å². The summed E-state index contributed by atoms with van der Waals surface area (Å²) in [6.45, 7) is 0. The molecule has 1 aromatic carbocycles. The van der Waals surface area contributed by atoms with Crippen molar-refractivity contribution in [2.75, 3.05) is 0 Å². The molecule has 0 spiro atoms. The van der Waals surface area contributed by atoms with E-state index in [9.17, 15) is 4.79 Å². The Balaban J connectivity index is 2.07. The molecule has 1 aromatic rings. The number of carboxylic acids is 1. The number of rotatable bonds is 3. The summed E-state index contributed by atoms with van der Waals surface area (Å²) in [4.78, 5) is 12.2. The number of aliphatic carboxylic acids is 1. The minimum Gasteiger partial charge on any atom is -0.481 e. The maximum atomic E-state index is 11.1. The second-order valence-electron chi connectivity index (χ2n) is 4.07. The van der Waals surface area contributed by atoms with Gasteiger partial charge >= 0.3 is 5.97 Å². The van der Waals surface area contributed by atoms with Crippen molar-refractivity contribution in [3.8, 4) is 0 Å². The fourth-order valence-corrected chi connectivity index (χ4v) is 3.52. The molecule has 3 N–H and O–H groups in total. The smallest absolute Gasteiger partial charge is 0.309 e. The Morgan fingerprint density at radius 3 is 2.62 bits per heavy atom. The van der Waals surface area contributed by atoms with Crippen molar-refractivity contribution in [3.63, 3.8) is 0 Å².